The van der Waals surface area contributed by atoms with Gasteiger partial charge in [-0.25, -0.2) is 8.42 Å². The zero-order valence-electron chi connectivity index (χ0n) is 24.3. The number of nitrogens with one attached hydrogen (secondary N) is 1. The SMILES string of the molecule is CC[C@H](C(=O)NC(C)(C)C)N(Cc1ccc(OC)cc1)C(=O)CN(c1ccc(Cl)cc1C)S(=O)(=O)c1ccccc1. The van der Waals surface area contributed by atoms with Crippen molar-refractivity contribution >= 4 is 39.1 Å². The molecule has 0 heterocycles. The van der Waals surface area contributed by atoms with Crippen LogP contribution in [0.25, 0.3) is 0 Å². The fraction of sp³-hybridized carbons (Fsp3) is 0.355. The lowest BCUT2D eigenvalue weighted by Gasteiger charge is -2.35. The summed E-state index contributed by atoms with van der Waals surface area (Å²) in [4.78, 5) is 29.1. The topological polar surface area (TPSA) is 96.0 Å². The molecule has 0 spiro atoms. The molecule has 0 radical (unpaired) electrons. The Morgan fingerprint density at radius 3 is 2.17 bits per heavy atom. The van der Waals surface area contributed by atoms with E-state index in [9.17, 15) is 18.0 Å². The maximum Gasteiger partial charge on any atom is 0.264 e. The predicted octanol–water partition coefficient (Wildman–Crippen LogP) is 5.57. The predicted molar refractivity (Wildman–Crippen MR) is 163 cm³/mol. The first-order valence-corrected chi connectivity index (χ1v) is 15.2. The molecule has 0 unspecified atom stereocenters. The number of methoxy groups -OCH3 is 1. The minimum absolute atomic E-state index is 0.0429. The molecule has 1 N–H and O–H groups in total. The summed E-state index contributed by atoms with van der Waals surface area (Å²) in [7, 11) is -2.59. The zero-order valence-corrected chi connectivity index (χ0v) is 25.9. The largest absolute Gasteiger partial charge is 0.497 e. The Morgan fingerprint density at radius 1 is 1.00 bits per heavy atom. The molecule has 0 bridgehead atoms. The van der Waals surface area contributed by atoms with Crippen LogP contribution in [0.4, 0.5) is 5.69 Å². The molecule has 0 saturated heterocycles. The number of rotatable bonds is 11. The Bertz CT molecular complexity index is 1460. The van der Waals surface area contributed by atoms with Crippen LogP contribution in [0.2, 0.25) is 5.02 Å². The van der Waals surface area contributed by atoms with Crippen LogP contribution in [0.3, 0.4) is 0 Å². The standard InChI is InChI=1S/C31H38ClN3O5S/c1-7-27(30(37)33-31(3,4)5)34(20-23-13-16-25(40-6)17-14-23)29(36)21-35(28-18-15-24(32)19-22(28)2)41(38,39)26-11-9-8-10-12-26/h8-19,27H,7,20-21H2,1-6H3,(H,33,37)/t27-/m1/s1. The van der Waals surface area contributed by atoms with Gasteiger partial charge < -0.3 is 15.0 Å². The summed E-state index contributed by atoms with van der Waals surface area (Å²) in [6.45, 7) is 8.73. The van der Waals surface area contributed by atoms with Crippen LogP contribution in [0.15, 0.2) is 77.7 Å². The average Bonchev–Trinajstić information content (AvgIpc) is 2.91. The summed E-state index contributed by atoms with van der Waals surface area (Å²) in [5.41, 5.74) is 1.15. The van der Waals surface area contributed by atoms with Gasteiger partial charge in [0, 0.05) is 17.1 Å². The molecule has 0 aliphatic carbocycles. The van der Waals surface area contributed by atoms with E-state index in [4.69, 9.17) is 16.3 Å². The lowest BCUT2D eigenvalue weighted by molar-refractivity contribution is -0.141. The monoisotopic (exact) mass is 599 g/mol. The number of halogens is 1. The first kappa shape index (κ1) is 32.0. The number of sulfonamides is 1. The number of hydrogen-bond acceptors (Lipinski definition) is 5. The average molecular weight is 600 g/mol. The highest BCUT2D eigenvalue weighted by atomic mass is 35.5. The number of anilines is 1. The van der Waals surface area contributed by atoms with Crippen molar-refractivity contribution < 1.29 is 22.7 Å². The number of benzene rings is 3. The van der Waals surface area contributed by atoms with Crippen LogP contribution < -0.4 is 14.4 Å². The minimum atomic E-state index is -4.16. The molecule has 0 aromatic heterocycles. The number of aryl methyl sites for hydroxylation is 1. The van der Waals surface area contributed by atoms with E-state index in [0.29, 0.717) is 28.4 Å². The third kappa shape index (κ3) is 8.24. The lowest BCUT2D eigenvalue weighted by atomic mass is 10.1. The van der Waals surface area contributed by atoms with Crippen LogP contribution >= 0.6 is 11.6 Å². The Morgan fingerprint density at radius 2 is 1.63 bits per heavy atom. The Kier molecular flexibility index (Phi) is 10.4. The van der Waals surface area contributed by atoms with E-state index in [1.54, 1.807) is 62.6 Å². The highest BCUT2D eigenvalue weighted by Gasteiger charge is 2.35. The van der Waals surface area contributed by atoms with E-state index in [2.05, 4.69) is 5.32 Å². The van der Waals surface area contributed by atoms with Crippen LogP contribution in [0.5, 0.6) is 5.75 Å². The second-order valence-corrected chi connectivity index (χ2v) is 13.1. The Hall–Kier alpha value is -3.56. The Labute approximate surface area is 248 Å². The van der Waals surface area contributed by atoms with Crippen molar-refractivity contribution in [3.8, 4) is 5.75 Å². The van der Waals surface area contributed by atoms with E-state index in [1.165, 1.54) is 17.0 Å². The number of carbonyl (C=O) groups excluding carboxylic acids is 2. The van der Waals surface area contributed by atoms with Crippen LogP contribution in [-0.2, 0) is 26.2 Å². The van der Waals surface area contributed by atoms with Gasteiger partial charge in [0.1, 0.15) is 18.3 Å². The Balaban J connectivity index is 2.09. The van der Waals surface area contributed by atoms with Crippen LogP contribution in [0.1, 0.15) is 45.2 Å². The molecule has 220 valence electrons. The molecule has 0 aliphatic heterocycles. The smallest absolute Gasteiger partial charge is 0.264 e. The van der Waals surface area contributed by atoms with Gasteiger partial charge in [0.25, 0.3) is 10.0 Å². The second kappa shape index (κ2) is 13.4. The first-order chi connectivity index (χ1) is 19.3. The minimum Gasteiger partial charge on any atom is -0.497 e. The summed E-state index contributed by atoms with van der Waals surface area (Å²) in [5.74, 6) is -0.185. The normalized spacial score (nSPS) is 12.4. The molecule has 41 heavy (non-hydrogen) atoms. The third-order valence-electron chi connectivity index (χ3n) is 6.43. The quantitative estimate of drug-likeness (QED) is 0.311. The van der Waals surface area contributed by atoms with E-state index in [1.807, 2.05) is 39.8 Å². The maximum absolute atomic E-state index is 14.2. The number of ether oxygens (including phenoxy) is 1. The fourth-order valence-corrected chi connectivity index (χ4v) is 6.16. The van der Waals surface area contributed by atoms with Crippen molar-refractivity contribution in [1.82, 2.24) is 10.2 Å². The number of carbonyl (C=O) groups is 2. The second-order valence-electron chi connectivity index (χ2n) is 10.8. The van der Waals surface area contributed by atoms with Gasteiger partial charge in [-0.15, -0.1) is 0 Å². The number of nitrogens with zero attached hydrogens (tertiary/aromatic N) is 2. The summed E-state index contributed by atoms with van der Waals surface area (Å²) in [6.07, 6.45) is 0.329. The van der Waals surface area contributed by atoms with E-state index in [0.717, 1.165) is 9.87 Å². The van der Waals surface area contributed by atoms with E-state index >= 15 is 0 Å². The van der Waals surface area contributed by atoms with Crippen molar-refractivity contribution in [2.24, 2.45) is 0 Å². The van der Waals surface area contributed by atoms with E-state index in [-0.39, 0.29) is 17.3 Å². The molecule has 3 rings (SSSR count). The zero-order chi connectivity index (χ0) is 30.4. The van der Waals surface area contributed by atoms with Gasteiger partial charge in [-0.3, -0.25) is 13.9 Å². The van der Waals surface area contributed by atoms with Crippen molar-refractivity contribution in [2.75, 3.05) is 18.0 Å². The van der Waals surface area contributed by atoms with Gasteiger partial charge in [-0.05, 0) is 87.7 Å². The molecule has 3 aromatic rings. The molecule has 0 fully saturated rings. The fourth-order valence-electron chi connectivity index (χ4n) is 4.43. The summed E-state index contributed by atoms with van der Waals surface area (Å²) < 4.78 is 34.2. The van der Waals surface area contributed by atoms with Gasteiger partial charge in [0.05, 0.1) is 17.7 Å². The lowest BCUT2D eigenvalue weighted by Crippen LogP contribution is -2.55. The molecule has 2 amide bonds. The molecule has 0 saturated carbocycles. The van der Waals surface area contributed by atoms with Gasteiger partial charge >= 0.3 is 0 Å². The molecular weight excluding hydrogens is 562 g/mol. The maximum atomic E-state index is 14.2. The van der Waals surface area contributed by atoms with Gasteiger partial charge in [0.15, 0.2) is 0 Å². The van der Waals surface area contributed by atoms with Crippen LogP contribution in [-0.4, -0.2) is 50.4 Å². The van der Waals surface area contributed by atoms with Crippen molar-refractivity contribution in [3.05, 3.63) is 88.9 Å². The van der Waals surface area contributed by atoms with Crippen molar-refractivity contribution in [3.63, 3.8) is 0 Å². The van der Waals surface area contributed by atoms with Gasteiger partial charge in [-0.1, -0.05) is 48.9 Å². The highest BCUT2D eigenvalue weighted by molar-refractivity contribution is 7.92. The van der Waals surface area contributed by atoms with Gasteiger partial charge in [0.2, 0.25) is 11.8 Å². The van der Waals surface area contributed by atoms with Crippen molar-refractivity contribution in [1.29, 1.82) is 0 Å². The molecule has 1 atom stereocenters. The van der Waals surface area contributed by atoms with E-state index < -0.39 is 34.1 Å². The summed E-state index contributed by atoms with van der Waals surface area (Å²) in [6, 6.07) is 19.1. The molecular formula is C31H38ClN3O5S. The highest BCUT2D eigenvalue weighted by Crippen LogP contribution is 2.29. The number of amides is 2. The van der Waals surface area contributed by atoms with Crippen molar-refractivity contribution in [2.45, 2.75) is 64.1 Å². The molecule has 10 heteroatoms. The van der Waals surface area contributed by atoms with Gasteiger partial charge in [-0.2, -0.15) is 0 Å². The molecule has 8 nitrogen and oxygen atoms in total. The molecule has 3 aromatic carbocycles. The molecule has 0 aliphatic rings. The summed E-state index contributed by atoms with van der Waals surface area (Å²) in [5, 5.41) is 3.41. The third-order valence-corrected chi connectivity index (χ3v) is 8.44. The summed E-state index contributed by atoms with van der Waals surface area (Å²) >= 11 is 6.17. The number of hydrogen-bond donors (Lipinski definition) is 1. The van der Waals surface area contributed by atoms with Crippen LogP contribution in [0, 0.1) is 6.92 Å². The first-order valence-electron chi connectivity index (χ1n) is 13.3.